The molecule has 31 heavy (non-hydrogen) atoms. The van der Waals surface area contributed by atoms with Crippen LogP contribution >= 0.6 is 0 Å². The van der Waals surface area contributed by atoms with Crippen molar-refractivity contribution in [3.63, 3.8) is 0 Å². The lowest BCUT2D eigenvalue weighted by Gasteiger charge is -2.08. The Kier molecular flexibility index (Phi) is 4.55. The summed E-state index contributed by atoms with van der Waals surface area (Å²) in [6, 6.07) is 15.0. The van der Waals surface area contributed by atoms with Crippen LogP contribution in [0.5, 0.6) is 0 Å². The van der Waals surface area contributed by atoms with Gasteiger partial charge in [0.25, 0.3) is 0 Å². The van der Waals surface area contributed by atoms with Crippen LogP contribution < -0.4 is 0 Å². The Labute approximate surface area is 179 Å². The van der Waals surface area contributed by atoms with Gasteiger partial charge < -0.3 is 4.98 Å². The molecule has 0 amide bonds. The minimum atomic E-state index is -3.31. The van der Waals surface area contributed by atoms with E-state index >= 15 is 0 Å². The third-order valence-electron chi connectivity index (χ3n) is 5.43. The van der Waals surface area contributed by atoms with Crippen molar-refractivity contribution in [2.75, 3.05) is 0 Å². The zero-order valence-electron chi connectivity index (χ0n) is 17.1. The minimum Gasteiger partial charge on any atom is -0.344 e. The number of rotatable bonds is 4. The van der Waals surface area contributed by atoms with Crippen molar-refractivity contribution in [1.29, 1.82) is 0 Å². The number of nitrogens with one attached hydrogen (secondary N) is 1. The largest absolute Gasteiger partial charge is 0.344 e. The summed E-state index contributed by atoms with van der Waals surface area (Å²) in [4.78, 5) is 17.0. The normalized spacial score (nSPS) is 12.1. The summed E-state index contributed by atoms with van der Waals surface area (Å²) < 4.78 is 24.8. The molecule has 0 aliphatic rings. The van der Waals surface area contributed by atoms with Gasteiger partial charge in [-0.3, -0.25) is 4.98 Å². The van der Waals surface area contributed by atoms with Gasteiger partial charge in [-0.1, -0.05) is 24.3 Å². The average Bonchev–Trinajstić information content (AvgIpc) is 3.22. The zero-order valence-corrected chi connectivity index (χ0v) is 17.9. The van der Waals surface area contributed by atoms with Crippen LogP contribution in [-0.4, -0.2) is 33.6 Å². The number of hydrogen-bond acceptors (Lipinski definition) is 5. The minimum absolute atomic E-state index is 0.313. The molecular weight excluding hydrogens is 408 g/mol. The third-order valence-corrected chi connectivity index (χ3v) is 7.60. The maximum atomic E-state index is 12.4. The summed E-state index contributed by atoms with van der Waals surface area (Å²) in [6.07, 6.45) is 7.23. The van der Waals surface area contributed by atoms with Crippen LogP contribution in [0.25, 0.3) is 44.3 Å². The summed E-state index contributed by atoms with van der Waals surface area (Å²) in [5.41, 5.74) is 4.97. The number of pyridine rings is 1. The fraction of sp³-hybridized carbons (Fsp3) is 0.125. The second-order valence-corrected chi connectivity index (χ2v) is 10.2. The molecule has 0 unspecified atom stereocenters. The second-order valence-electron chi connectivity index (χ2n) is 7.71. The molecule has 6 nitrogen and oxygen atoms in total. The van der Waals surface area contributed by atoms with E-state index in [1.807, 2.05) is 30.6 Å². The van der Waals surface area contributed by atoms with Crippen LogP contribution in [0.3, 0.4) is 0 Å². The standard InChI is InChI=1S/C24H20N4O2S/c1-15(2)31(29,30)20-7-5-16(6-8-20)22-14-27-24-23(28-22)21(13-26-24)18-3-4-19-12-25-10-9-17(19)11-18/h3-15H,1-2H3,(H,26,27). The predicted octanol–water partition coefficient (Wildman–Crippen LogP) is 5.02. The molecular formula is C24H20N4O2S. The van der Waals surface area contributed by atoms with Gasteiger partial charge >= 0.3 is 0 Å². The van der Waals surface area contributed by atoms with Crippen LogP contribution in [0.1, 0.15) is 13.8 Å². The summed E-state index contributed by atoms with van der Waals surface area (Å²) in [7, 11) is -3.31. The fourth-order valence-electron chi connectivity index (χ4n) is 3.59. The number of benzene rings is 2. The van der Waals surface area contributed by atoms with Crippen molar-refractivity contribution < 1.29 is 8.42 Å². The van der Waals surface area contributed by atoms with Gasteiger partial charge in [0, 0.05) is 35.1 Å². The van der Waals surface area contributed by atoms with Crippen molar-refractivity contribution in [3.8, 4) is 22.4 Å². The van der Waals surface area contributed by atoms with Crippen LogP contribution in [0, 0.1) is 0 Å². The number of hydrogen-bond donors (Lipinski definition) is 1. The number of sulfone groups is 1. The topological polar surface area (TPSA) is 88.6 Å². The Bertz CT molecular complexity index is 1520. The maximum Gasteiger partial charge on any atom is 0.180 e. The van der Waals surface area contributed by atoms with Gasteiger partial charge in [-0.25, -0.2) is 18.4 Å². The SMILES string of the molecule is CC(C)S(=O)(=O)c1ccc(-c2cnc3[nH]cc(-c4ccc5cnccc5c4)c3n2)cc1. The molecule has 5 rings (SSSR count). The molecule has 1 N–H and O–H groups in total. The molecule has 3 heterocycles. The van der Waals surface area contributed by atoms with E-state index in [1.165, 1.54) is 0 Å². The number of aromatic amines is 1. The first-order chi connectivity index (χ1) is 14.9. The Hall–Kier alpha value is -3.58. The molecule has 0 atom stereocenters. The number of nitrogens with zero attached hydrogens (tertiary/aromatic N) is 3. The molecule has 0 saturated carbocycles. The summed E-state index contributed by atoms with van der Waals surface area (Å²) in [6.45, 7) is 3.36. The maximum absolute atomic E-state index is 12.4. The van der Waals surface area contributed by atoms with Gasteiger partial charge in [0.05, 0.1) is 22.0 Å². The molecule has 7 heteroatoms. The summed E-state index contributed by atoms with van der Waals surface area (Å²) in [5.74, 6) is 0. The molecule has 0 radical (unpaired) electrons. The lowest BCUT2D eigenvalue weighted by Crippen LogP contribution is -2.13. The van der Waals surface area contributed by atoms with Gasteiger partial charge in [0.1, 0.15) is 5.52 Å². The van der Waals surface area contributed by atoms with E-state index in [2.05, 4.69) is 21.0 Å². The van der Waals surface area contributed by atoms with Gasteiger partial charge in [-0.2, -0.15) is 0 Å². The van der Waals surface area contributed by atoms with Crippen LogP contribution in [0.4, 0.5) is 0 Å². The smallest absolute Gasteiger partial charge is 0.180 e. The van der Waals surface area contributed by atoms with E-state index in [0.29, 0.717) is 16.2 Å². The Morgan fingerprint density at radius 3 is 2.45 bits per heavy atom. The van der Waals surface area contributed by atoms with Crippen molar-refractivity contribution in [3.05, 3.63) is 73.3 Å². The quantitative estimate of drug-likeness (QED) is 0.434. The monoisotopic (exact) mass is 428 g/mol. The van der Waals surface area contributed by atoms with E-state index in [9.17, 15) is 8.42 Å². The van der Waals surface area contributed by atoms with Crippen molar-refractivity contribution in [2.45, 2.75) is 24.0 Å². The molecule has 3 aromatic heterocycles. The van der Waals surface area contributed by atoms with E-state index in [-0.39, 0.29) is 0 Å². The predicted molar refractivity (Wildman–Crippen MR) is 122 cm³/mol. The van der Waals surface area contributed by atoms with Crippen molar-refractivity contribution in [2.24, 2.45) is 0 Å². The number of H-pyrrole nitrogens is 1. The molecule has 0 aliphatic heterocycles. The van der Waals surface area contributed by atoms with Crippen LogP contribution in [0.15, 0.2) is 78.2 Å². The molecule has 2 aromatic carbocycles. The highest BCUT2D eigenvalue weighted by molar-refractivity contribution is 7.92. The van der Waals surface area contributed by atoms with E-state index < -0.39 is 15.1 Å². The van der Waals surface area contributed by atoms with Crippen molar-refractivity contribution in [1.82, 2.24) is 19.9 Å². The van der Waals surface area contributed by atoms with E-state index in [1.54, 1.807) is 50.5 Å². The second kappa shape index (κ2) is 7.28. The van der Waals surface area contributed by atoms with E-state index in [0.717, 1.165) is 33.0 Å². The molecule has 0 saturated heterocycles. The first kappa shape index (κ1) is 19.4. The summed E-state index contributed by atoms with van der Waals surface area (Å²) in [5, 5.41) is 1.72. The Morgan fingerprint density at radius 1 is 0.903 bits per heavy atom. The highest BCUT2D eigenvalue weighted by Crippen LogP contribution is 2.30. The first-order valence-electron chi connectivity index (χ1n) is 9.96. The zero-order chi connectivity index (χ0) is 21.6. The Morgan fingerprint density at radius 2 is 1.68 bits per heavy atom. The van der Waals surface area contributed by atoms with Gasteiger partial charge in [-0.05, 0) is 49.1 Å². The molecule has 0 bridgehead atoms. The van der Waals surface area contributed by atoms with Gasteiger partial charge in [0.15, 0.2) is 15.5 Å². The molecule has 5 aromatic rings. The number of fused-ring (bicyclic) bond motifs is 2. The van der Waals surface area contributed by atoms with Gasteiger partial charge in [-0.15, -0.1) is 0 Å². The fourth-order valence-corrected chi connectivity index (χ4v) is 4.65. The lowest BCUT2D eigenvalue weighted by atomic mass is 10.0. The summed E-state index contributed by atoms with van der Waals surface area (Å²) >= 11 is 0. The van der Waals surface area contributed by atoms with Gasteiger partial charge in [0.2, 0.25) is 0 Å². The molecule has 0 aliphatic carbocycles. The van der Waals surface area contributed by atoms with Crippen LogP contribution in [-0.2, 0) is 9.84 Å². The lowest BCUT2D eigenvalue weighted by molar-refractivity contribution is 0.587. The Balaban J connectivity index is 1.57. The van der Waals surface area contributed by atoms with E-state index in [4.69, 9.17) is 4.98 Å². The number of aromatic nitrogens is 4. The van der Waals surface area contributed by atoms with Crippen LogP contribution in [0.2, 0.25) is 0 Å². The molecule has 0 fully saturated rings. The molecule has 0 spiro atoms. The third kappa shape index (κ3) is 3.37. The molecule has 154 valence electrons. The highest BCUT2D eigenvalue weighted by Gasteiger charge is 2.19. The first-order valence-corrected chi connectivity index (χ1v) is 11.5. The average molecular weight is 429 g/mol. The highest BCUT2D eigenvalue weighted by atomic mass is 32.2. The van der Waals surface area contributed by atoms with Crippen molar-refractivity contribution >= 4 is 31.8 Å².